The van der Waals surface area contributed by atoms with Crippen molar-refractivity contribution in [3.8, 4) is 0 Å². The van der Waals surface area contributed by atoms with Crippen LogP contribution in [0.4, 0.5) is 10.6 Å². The zero-order valence-corrected chi connectivity index (χ0v) is 15.1. The Bertz CT molecular complexity index is 650. The van der Waals surface area contributed by atoms with Gasteiger partial charge in [-0.3, -0.25) is 4.79 Å². The predicted molar refractivity (Wildman–Crippen MR) is 97.1 cm³/mol. The van der Waals surface area contributed by atoms with Gasteiger partial charge in [-0.2, -0.15) is 0 Å². The molecule has 0 radical (unpaired) electrons. The molecule has 0 aliphatic carbocycles. The molecule has 140 valence electrons. The Kier molecular flexibility index (Phi) is 4.90. The van der Waals surface area contributed by atoms with Crippen LogP contribution in [0.25, 0.3) is 0 Å². The molecule has 3 aliphatic heterocycles. The second-order valence-electron chi connectivity index (χ2n) is 7.27. The number of nitrogens with zero attached hydrogens (tertiary/aromatic N) is 5. The third kappa shape index (κ3) is 3.45. The van der Waals surface area contributed by atoms with Gasteiger partial charge >= 0.3 is 6.03 Å². The van der Waals surface area contributed by atoms with E-state index >= 15 is 0 Å². The fourth-order valence-corrected chi connectivity index (χ4v) is 4.09. The van der Waals surface area contributed by atoms with Gasteiger partial charge in [0.15, 0.2) is 11.5 Å². The van der Waals surface area contributed by atoms with E-state index in [0.717, 1.165) is 51.3 Å². The van der Waals surface area contributed by atoms with Gasteiger partial charge in [0.1, 0.15) is 0 Å². The number of anilines is 1. The maximum atomic E-state index is 12.7. The van der Waals surface area contributed by atoms with E-state index in [1.807, 2.05) is 15.9 Å². The lowest BCUT2D eigenvalue weighted by Crippen LogP contribution is -2.54. The molecule has 0 spiro atoms. The Morgan fingerprint density at radius 3 is 2.42 bits per heavy atom. The zero-order valence-electron chi connectivity index (χ0n) is 15.1. The summed E-state index contributed by atoms with van der Waals surface area (Å²) in [6, 6.07) is 3.94. The van der Waals surface area contributed by atoms with Crippen LogP contribution in [0.3, 0.4) is 0 Å². The molecule has 3 fully saturated rings. The van der Waals surface area contributed by atoms with E-state index in [-0.39, 0.29) is 18.0 Å². The van der Waals surface area contributed by atoms with Crippen LogP contribution < -0.4 is 10.2 Å². The van der Waals surface area contributed by atoms with Crippen molar-refractivity contribution < 1.29 is 9.59 Å². The molecule has 0 bridgehead atoms. The highest BCUT2D eigenvalue weighted by Crippen LogP contribution is 2.21. The van der Waals surface area contributed by atoms with E-state index < -0.39 is 0 Å². The Morgan fingerprint density at radius 2 is 1.77 bits per heavy atom. The summed E-state index contributed by atoms with van der Waals surface area (Å²) in [7, 11) is 0. The lowest BCUT2D eigenvalue weighted by atomic mass is 10.0. The Balaban J connectivity index is 1.33. The summed E-state index contributed by atoms with van der Waals surface area (Å²) >= 11 is 0. The number of rotatable bonds is 3. The van der Waals surface area contributed by atoms with Crippen LogP contribution in [-0.2, 0) is 0 Å². The van der Waals surface area contributed by atoms with Crippen molar-refractivity contribution in [3.63, 3.8) is 0 Å². The molecule has 3 aliphatic rings. The molecule has 26 heavy (non-hydrogen) atoms. The van der Waals surface area contributed by atoms with E-state index in [1.54, 1.807) is 6.07 Å². The predicted octanol–water partition coefficient (Wildman–Crippen LogP) is 1.10. The van der Waals surface area contributed by atoms with Crippen LogP contribution >= 0.6 is 0 Å². The molecule has 4 heterocycles. The van der Waals surface area contributed by atoms with Gasteiger partial charge < -0.3 is 20.0 Å². The van der Waals surface area contributed by atoms with Gasteiger partial charge in [-0.15, -0.1) is 10.2 Å². The third-order valence-electron chi connectivity index (χ3n) is 5.60. The molecule has 8 nitrogen and oxygen atoms in total. The largest absolute Gasteiger partial charge is 0.355 e. The van der Waals surface area contributed by atoms with Crippen molar-refractivity contribution >= 4 is 17.8 Å². The fourth-order valence-electron chi connectivity index (χ4n) is 4.09. The molecule has 0 aromatic carbocycles. The minimum atomic E-state index is -0.0629. The Hall–Kier alpha value is -2.38. The highest BCUT2D eigenvalue weighted by Gasteiger charge is 2.31. The highest BCUT2D eigenvalue weighted by molar-refractivity contribution is 5.92. The summed E-state index contributed by atoms with van der Waals surface area (Å²) in [4.78, 5) is 30.6. The molecule has 0 saturated carbocycles. The average Bonchev–Trinajstić information content (AvgIpc) is 3.23. The van der Waals surface area contributed by atoms with Crippen LogP contribution in [0.2, 0.25) is 0 Å². The fraction of sp³-hybridized carbons (Fsp3) is 0.667. The molecule has 8 heteroatoms. The third-order valence-corrected chi connectivity index (χ3v) is 5.60. The number of carbonyl (C=O) groups excluding carboxylic acids is 2. The maximum Gasteiger partial charge on any atom is 0.317 e. The second-order valence-corrected chi connectivity index (χ2v) is 7.27. The molecule has 4 rings (SSSR count). The number of aromatic nitrogens is 2. The minimum absolute atomic E-state index is 0.0318. The Labute approximate surface area is 153 Å². The first-order valence-corrected chi connectivity index (χ1v) is 9.65. The lowest BCUT2D eigenvalue weighted by Gasteiger charge is -2.40. The first kappa shape index (κ1) is 17.1. The monoisotopic (exact) mass is 358 g/mol. The van der Waals surface area contributed by atoms with Gasteiger partial charge in [0, 0.05) is 45.3 Å². The quantitative estimate of drug-likeness (QED) is 0.875. The van der Waals surface area contributed by atoms with Gasteiger partial charge in [-0.05, 0) is 44.2 Å². The normalized spacial score (nSPS) is 21.8. The van der Waals surface area contributed by atoms with Gasteiger partial charge in [0.25, 0.3) is 5.91 Å². The van der Waals surface area contributed by atoms with E-state index in [0.29, 0.717) is 18.8 Å². The number of piperidine rings is 1. The van der Waals surface area contributed by atoms with Crippen LogP contribution in [0.15, 0.2) is 12.1 Å². The number of nitrogens with one attached hydrogen (secondary N) is 1. The lowest BCUT2D eigenvalue weighted by molar-refractivity contribution is 0.0636. The van der Waals surface area contributed by atoms with Crippen molar-refractivity contribution in [1.82, 2.24) is 25.3 Å². The first-order chi connectivity index (χ1) is 12.7. The smallest absolute Gasteiger partial charge is 0.317 e. The van der Waals surface area contributed by atoms with E-state index in [1.165, 1.54) is 12.8 Å². The summed E-state index contributed by atoms with van der Waals surface area (Å²) in [5, 5.41) is 11.3. The number of likely N-dealkylation sites (tertiary alicyclic amines) is 1. The van der Waals surface area contributed by atoms with Gasteiger partial charge in [-0.25, -0.2) is 4.79 Å². The summed E-state index contributed by atoms with van der Waals surface area (Å²) in [5.41, 5.74) is 0.405. The van der Waals surface area contributed by atoms with Gasteiger partial charge in [-0.1, -0.05) is 0 Å². The summed E-state index contributed by atoms with van der Waals surface area (Å²) < 4.78 is 0. The topological polar surface area (TPSA) is 81.7 Å². The van der Waals surface area contributed by atoms with Crippen LogP contribution in [0, 0.1) is 0 Å². The number of urea groups is 1. The highest BCUT2D eigenvalue weighted by atomic mass is 16.2. The molecule has 1 aromatic heterocycles. The van der Waals surface area contributed by atoms with Crippen LogP contribution in [-0.4, -0.2) is 77.2 Å². The number of amides is 3. The maximum absolute atomic E-state index is 12.7. The molecular weight excluding hydrogens is 332 g/mol. The summed E-state index contributed by atoms with van der Waals surface area (Å²) in [6.07, 6.45) is 5.00. The first-order valence-electron chi connectivity index (χ1n) is 9.65. The molecule has 3 saturated heterocycles. The van der Waals surface area contributed by atoms with Crippen molar-refractivity contribution in [2.45, 2.75) is 38.1 Å². The number of carbonyl (C=O) groups is 2. The van der Waals surface area contributed by atoms with Crippen molar-refractivity contribution in [2.75, 3.05) is 44.2 Å². The molecule has 1 N–H and O–H groups in total. The van der Waals surface area contributed by atoms with Gasteiger partial charge in [0.05, 0.1) is 0 Å². The SMILES string of the molecule is O=C(c1ccc(N2CCCC2)nn1)N1CCC(N2CCCNC2=O)CC1. The zero-order chi connectivity index (χ0) is 17.9. The summed E-state index contributed by atoms with van der Waals surface area (Å²) in [5.74, 6) is 0.792. The molecular formula is C18H26N6O2. The van der Waals surface area contributed by atoms with Crippen molar-refractivity contribution in [2.24, 2.45) is 0 Å². The second kappa shape index (κ2) is 7.47. The number of hydrogen-bond acceptors (Lipinski definition) is 5. The molecule has 0 unspecified atom stereocenters. The molecule has 0 atom stereocenters. The minimum Gasteiger partial charge on any atom is -0.355 e. The van der Waals surface area contributed by atoms with Crippen molar-refractivity contribution in [1.29, 1.82) is 0 Å². The average molecular weight is 358 g/mol. The van der Waals surface area contributed by atoms with E-state index in [4.69, 9.17) is 0 Å². The number of hydrogen-bond donors (Lipinski definition) is 1. The van der Waals surface area contributed by atoms with Crippen molar-refractivity contribution in [3.05, 3.63) is 17.8 Å². The van der Waals surface area contributed by atoms with E-state index in [9.17, 15) is 9.59 Å². The van der Waals surface area contributed by atoms with Crippen LogP contribution in [0.1, 0.15) is 42.6 Å². The standard InChI is InChI=1S/C18H26N6O2/c25-17(15-4-5-16(21-20-15)22-9-1-2-10-22)23-12-6-14(7-13-23)24-11-3-8-19-18(24)26/h4-5,14H,1-3,6-13H2,(H,19,26). The van der Waals surface area contributed by atoms with E-state index in [2.05, 4.69) is 20.4 Å². The van der Waals surface area contributed by atoms with Gasteiger partial charge in [0.2, 0.25) is 0 Å². The molecule has 1 aromatic rings. The Morgan fingerprint density at radius 1 is 1.00 bits per heavy atom. The summed E-state index contributed by atoms with van der Waals surface area (Å²) in [6.45, 7) is 4.91. The molecule has 3 amide bonds. The van der Waals surface area contributed by atoms with Crippen LogP contribution in [0.5, 0.6) is 0 Å².